The van der Waals surface area contributed by atoms with Crippen molar-refractivity contribution in [2.45, 2.75) is 39.0 Å². The third-order valence-electron chi connectivity index (χ3n) is 3.86. The van der Waals surface area contributed by atoms with Crippen LogP contribution in [0.1, 0.15) is 43.0 Å². The summed E-state index contributed by atoms with van der Waals surface area (Å²) >= 11 is 1.55. The number of amides is 1. The van der Waals surface area contributed by atoms with E-state index in [9.17, 15) is 4.79 Å². The summed E-state index contributed by atoms with van der Waals surface area (Å²) in [5.41, 5.74) is 2.42. The Kier molecular flexibility index (Phi) is 4.76. The number of benzene rings is 1. The molecule has 120 valence electrons. The third-order valence-corrected chi connectivity index (χ3v) is 5.08. The van der Waals surface area contributed by atoms with Crippen LogP contribution in [0.4, 0.5) is 5.13 Å². The SMILES string of the molecule is CC(C)c1cnc(NC(=O)CCCc2c[nH]c3ccccc23)s1. The molecule has 0 saturated heterocycles. The van der Waals surface area contributed by atoms with Crippen LogP contribution < -0.4 is 5.32 Å². The van der Waals surface area contributed by atoms with E-state index in [1.54, 1.807) is 11.3 Å². The number of hydrogen-bond acceptors (Lipinski definition) is 3. The lowest BCUT2D eigenvalue weighted by atomic mass is 10.1. The molecule has 4 nitrogen and oxygen atoms in total. The van der Waals surface area contributed by atoms with Gasteiger partial charge < -0.3 is 10.3 Å². The van der Waals surface area contributed by atoms with E-state index in [1.807, 2.05) is 24.5 Å². The predicted molar refractivity (Wildman–Crippen MR) is 96.1 cm³/mol. The Bertz CT molecular complexity index is 803. The monoisotopic (exact) mass is 327 g/mol. The summed E-state index contributed by atoms with van der Waals surface area (Å²) in [6.07, 6.45) is 6.12. The number of fused-ring (bicyclic) bond motifs is 1. The highest BCUT2D eigenvalue weighted by Gasteiger charge is 2.09. The molecule has 23 heavy (non-hydrogen) atoms. The van der Waals surface area contributed by atoms with Crippen molar-refractivity contribution in [1.29, 1.82) is 0 Å². The summed E-state index contributed by atoms with van der Waals surface area (Å²) in [7, 11) is 0. The maximum absolute atomic E-state index is 12.0. The molecule has 2 heterocycles. The smallest absolute Gasteiger partial charge is 0.226 e. The summed E-state index contributed by atoms with van der Waals surface area (Å²) in [4.78, 5) is 20.8. The van der Waals surface area contributed by atoms with E-state index in [2.05, 4.69) is 41.3 Å². The molecule has 0 saturated carbocycles. The fourth-order valence-corrected chi connectivity index (χ4v) is 3.41. The van der Waals surface area contributed by atoms with E-state index in [1.165, 1.54) is 15.8 Å². The normalized spacial score (nSPS) is 11.3. The maximum atomic E-state index is 12.0. The van der Waals surface area contributed by atoms with Crippen LogP contribution >= 0.6 is 11.3 Å². The first-order valence-electron chi connectivity index (χ1n) is 7.94. The number of carbonyl (C=O) groups excluding carboxylic acids is 1. The van der Waals surface area contributed by atoms with Crippen LogP contribution in [-0.4, -0.2) is 15.9 Å². The zero-order valence-corrected chi connectivity index (χ0v) is 14.2. The Labute approximate surface area is 140 Å². The van der Waals surface area contributed by atoms with E-state index < -0.39 is 0 Å². The summed E-state index contributed by atoms with van der Waals surface area (Å²) in [6.45, 7) is 4.25. The van der Waals surface area contributed by atoms with Crippen LogP contribution in [0.3, 0.4) is 0 Å². The van der Waals surface area contributed by atoms with Gasteiger partial charge in [0.05, 0.1) is 0 Å². The standard InChI is InChI=1S/C18H21N3OS/c1-12(2)16-11-20-18(23-16)21-17(22)9-5-6-13-10-19-15-8-4-3-7-14(13)15/h3-4,7-8,10-12,19H,5-6,9H2,1-2H3,(H,20,21,22). The zero-order valence-electron chi connectivity index (χ0n) is 13.4. The van der Waals surface area contributed by atoms with Crippen LogP contribution in [0.2, 0.25) is 0 Å². The average Bonchev–Trinajstić information content (AvgIpc) is 3.15. The third kappa shape index (κ3) is 3.79. The number of aromatic amines is 1. The summed E-state index contributed by atoms with van der Waals surface area (Å²) in [5.74, 6) is 0.481. The minimum Gasteiger partial charge on any atom is -0.361 e. The molecule has 0 atom stereocenters. The quantitative estimate of drug-likeness (QED) is 0.689. The molecule has 3 rings (SSSR count). The van der Waals surface area contributed by atoms with Gasteiger partial charge >= 0.3 is 0 Å². The van der Waals surface area contributed by atoms with E-state index in [-0.39, 0.29) is 5.91 Å². The largest absolute Gasteiger partial charge is 0.361 e. The number of carbonyl (C=O) groups is 1. The van der Waals surface area contributed by atoms with Crippen LogP contribution in [0.25, 0.3) is 10.9 Å². The Morgan fingerprint density at radius 2 is 2.17 bits per heavy atom. The van der Waals surface area contributed by atoms with Crippen molar-refractivity contribution < 1.29 is 4.79 Å². The van der Waals surface area contributed by atoms with Gasteiger partial charge in [-0.3, -0.25) is 4.79 Å². The average molecular weight is 327 g/mol. The van der Waals surface area contributed by atoms with Gasteiger partial charge in [-0.2, -0.15) is 0 Å². The molecule has 0 aliphatic rings. The summed E-state index contributed by atoms with van der Waals surface area (Å²) in [5, 5.41) is 4.84. The maximum Gasteiger partial charge on any atom is 0.226 e. The van der Waals surface area contributed by atoms with Crippen LogP contribution in [0.5, 0.6) is 0 Å². The zero-order chi connectivity index (χ0) is 16.2. The number of aromatic nitrogens is 2. The minimum absolute atomic E-state index is 0.0366. The second-order valence-electron chi connectivity index (χ2n) is 5.98. The number of thiazole rings is 1. The van der Waals surface area contributed by atoms with E-state index in [0.29, 0.717) is 17.5 Å². The van der Waals surface area contributed by atoms with Gasteiger partial charge in [-0.15, -0.1) is 11.3 Å². The first kappa shape index (κ1) is 15.7. The van der Waals surface area contributed by atoms with Gasteiger partial charge in [-0.1, -0.05) is 32.0 Å². The van der Waals surface area contributed by atoms with Crippen molar-refractivity contribution >= 4 is 33.3 Å². The Balaban J connectivity index is 1.51. The van der Waals surface area contributed by atoms with Crippen LogP contribution in [0, 0.1) is 0 Å². The highest BCUT2D eigenvalue weighted by molar-refractivity contribution is 7.15. The van der Waals surface area contributed by atoms with Crippen molar-refractivity contribution in [2.24, 2.45) is 0 Å². The van der Waals surface area contributed by atoms with Gasteiger partial charge in [0.25, 0.3) is 0 Å². The van der Waals surface area contributed by atoms with E-state index >= 15 is 0 Å². The molecule has 0 unspecified atom stereocenters. The lowest BCUT2D eigenvalue weighted by Crippen LogP contribution is -2.11. The highest BCUT2D eigenvalue weighted by atomic mass is 32.1. The molecule has 2 aromatic heterocycles. The molecule has 1 amide bonds. The number of anilines is 1. The first-order valence-corrected chi connectivity index (χ1v) is 8.75. The fraction of sp³-hybridized carbons (Fsp3) is 0.333. The molecule has 0 fully saturated rings. The molecule has 0 bridgehead atoms. The van der Waals surface area contributed by atoms with Crippen molar-refractivity contribution in [3.63, 3.8) is 0 Å². The van der Waals surface area contributed by atoms with Crippen molar-refractivity contribution in [2.75, 3.05) is 5.32 Å². The number of H-pyrrole nitrogens is 1. The molecule has 1 aromatic carbocycles. The lowest BCUT2D eigenvalue weighted by Gasteiger charge is -2.02. The molecule has 0 aliphatic carbocycles. The van der Waals surface area contributed by atoms with Crippen LogP contribution in [0.15, 0.2) is 36.7 Å². The second kappa shape index (κ2) is 6.96. The molecule has 5 heteroatoms. The van der Waals surface area contributed by atoms with Crippen molar-refractivity contribution in [1.82, 2.24) is 9.97 Å². The molecule has 0 spiro atoms. The van der Waals surface area contributed by atoms with Gasteiger partial charge in [0.15, 0.2) is 5.13 Å². The van der Waals surface area contributed by atoms with Gasteiger partial charge in [0.1, 0.15) is 0 Å². The van der Waals surface area contributed by atoms with Crippen molar-refractivity contribution in [3.8, 4) is 0 Å². The van der Waals surface area contributed by atoms with E-state index in [0.717, 1.165) is 18.4 Å². The molecular weight excluding hydrogens is 306 g/mol. The Morgan fingerprint density at radius 3 is 2.96 bits per heavy atom. The number of aryl methyl sites for hydroxylation is 1. The molecule has 3 aromatic rings. The van der Waals surface area contributed by atoms with Gasteiger partial charge in [0.2, 0.25) is 5.91 Å². The highest BCUT2D eigenvalue weighted by Crippen LogP contribution is 2.25. The topological polar surface area (TPSA) is 57.8 Å². The molecular formula is C18H21N3OS. The molecule has 0 radical (unpaired) electrons. The predicted octanol–water partition coefficient (Wildman–Crippen LogP) is 4.71. The van der Waals surface area contributed by atoms with Gasteiger partial charge in [-0.25, -0.2) is 4.98 Å². The number of para-hydroxylation sites is 1. The minimum atomic E-state index is 0.0366. The summed E-state index contributed by atoms with van der Waals surface area (Å²) < 4.78 is 0. The summed E-state index contributed by atoms with van der Waals surface area (Å²) in [6, 6.07) is 8.25. The van der Waals surface area contributed by atoms with E-state index in [4.69, 9.17) is 0 Å². The number of nitrogens with one attached hydrogen (secondary N) is 2. The molecule has 0 aliphatic heterocycles. The Morgan fingerprint density at radius 1 is 1.35 bits per heavy atom. The molecule has 2 N–H and O–H groups in total. The number of rotatable bonds is 6. The van der Waals surface area contributed by atoms with Crippen molar-refractivity contribution in [3.05, 3.63) is 47.1 Å². The second-order valence-corrected chi connectivity index (χ2v) is 7.05. The Hall–Kier alpha value is -2.14. The van der Waals surface area contributed by atoms with Gasteiger partial charge in [-0.05, 0) is 30.4 Å². The number of nitrogens with zero attached hydrogens (tertiary/aromatic N) is 1. The number of hydrogen-bond donors (Lipinski definition) is 2. The lowest BCUT2D eigenvalue weighted by molar-refractivity contribution is -0.116. The van der Waals surface area contributed by atoms with Crippen LogP contribution in [-0.2, 0) is 11.2 Å². The fourth-order valence-electron chi connectivity index (χ4n) is 2.57. The first-order chi connectivity index (χ1) is 11.1. The van der Waals surface area contributed by atoms with Gasteiger partial charge in [0, 0.05) is 34.6 Å².